The van der Waals surface area contributed by atoms with E-state index in [0.717, 1.165) is 47.9 Å². The van der Waals surface area contributed by atoms with E-state index >= 15 is 0 Å². The van der Waals surface area contributed by atoms with E-state index < -0.39 is 11.9 Å². The van der Waals surface area contributed by atoms with E-state index in [4.69, 9.17) is 18.9 Å². The number of ether oxygens (including phenoxy) is 4. The Labute approximate surface area is 376 Å². The van der Waals surface area contributed by atoms with Gasteiger partial charge in [0.1, 0.15) is 35.8 Å². The number of unbranched alkanes of at least 4 members (excludes halogenated alkanes) is 3. The first-order valence-corrected chi connectivity index (χ1v) is 21.7. The van der Waals surface area contributed by atoms with Crippen molar-refractivity contribution >= 4 is 23.5 Å². The van der Waals surface area contributed by atoms with Crippen molar-refractivity contribution < 1.29 is 38.1 Å². The van der Waals surface area contributed by atoms with Gasteiger partial charge in [0.15, 0.2) is 11.6 Å². The lowest BCUT2D eigenvalue weighted by Crippen LogP contribution is -2.31. The molecular weight excluding hydrogens is 805 g/mol. The molecule has 0 bridgehead atoms. The SMILES string of the molecule is COC(=O)c1cc(C(=O)CN(CCCCCCN(CC(=O)c2ccc(OCc3ccccc3)c(C(=O)OC)c2)Cc2ccccc2)Cc2ccccc2)ccc1OCc1ccccc1. The summed E-state index contributed by atoms with van der Waals surface area (Å²) in [6.45, 7) is 3.47. The number of hydrogen-bond donors (Lipinski definition) is 0. The lowest BCUT2D eigenvalue weighted by Gasteiger charge is -2.23. The number of rotatable bonds is 25. The van der Waals surface area contributed by atoms with Crippen molar-refractivity contribution in [3.8, 4) is 11.5 Å². The molecule has 0 aliphatic rings. The van der Waals surface area contributed by atoms with Gasteiger partial charge in [-0.05, 0) is 84.6 Å². The van der Waals surface area contributed by atoms with Crippen LogP contribution in [0.2, 0.25) is 0 Å². The second-order valence-corrected chi connectivity index (χ2v) is 15.6. The second-order valence-electron chi connectivity index (χ2n) is 15.6. The van der Waals surface area contributed by atoms with Crippen LogP contribution in [0.25, 0.3) is 0 Å². The van der Waals surface area contributed by atoms with Crippen molar-refractivity contribution in [1.29, 1.82) is 0 Å². The molecule has 0 aliphatic heterocycles. The zero-order valence-electron chi connectivity index (χ0n) is 36.7. The zero-order chi connectivity index (χ0) is 44.9. The summed E-state index contributed by atoms with van der Waals surface area (Å²) >= 11 is 0. The summed E-state index contributed by atoms with van der Waals surface area (Å²) in [7, 11) is 2.62. The Hall–Kier alpha value is -6.88. The van der Waals surface area contributed by atoms with Gasteiger partial charge in [-0.1, -0.05) is 134 Å². The van der Waals surface area contributed by atoms with Gasteiger partial charge in [-0.25, -0.2) is 9.59 Å². The molecule has 0 fully saturated rings. The summed E-state index contributed by atoms with van der Waals surface area (Å²) in [5, 5.41) is 0. The summed E-state index contributed by atoms with van der Waals surface area (Å²) in [6.07, 6.45) is 3.59. The van der Waals surface area contributed by atoms with Gasteiger partial charge in [-0.15, -0.1) is 0 Å². The maximum atomic E-state index is 13.8. The first-order chi connectivity index (χ1) is 31.3. The largest absolute Gasteiger partial charge is 0.488 e. The van der Waals surface area contributed by atoms with E-state index in [2.05, 4.69) is 34.1 Å². The van der Waals surface area contributed by atoms with Crippen LogP contribution >= 0.6 is 0 Å². The topological polar surface area (TPSA) is 112 Å². The average molecular weight is 861 g/mol. The molecule has 0 N–H and O–H groups in total. The highest BCUT2D eigenvalue weighted by Crippen LogP contribution is 2.25. The highest BCUT2D eigenvalue weighted by atomic mass is 16.5. The first-order valence-electron chi connectivity index (χ1n) is 21.7. The third-order valence-electron chi connectivity index (χ3n) is 10.8. The molecule has 0 saturated heterocycles. The highest BCUT2D eigenvalue weighted by Gasteiger charge is 2.21. The van der Waals surface area contributed by atoms with Crippen LogP contribution in [0, 0.1) is 0 Å². The van der Waals surface area contributed by atoms with E-state index in [1.165, 1.54) is 14.2 Å². The van der Waals surface area contributed by atoms with Gasteiger partial charge in [0.05, 0.1) is 27.3 Å². The number of benzene rings is 6. The summed E-state index contributed by atoms with van der Waals surface area (Å²) in [6, 6.07) is 49.3. The van der Waals surface area contributed by atoms with Crippen molar-refractivity contribution in [1.82, 2.24) is 9.80 Å². The molecule has 10 nitrogen and oxygen atoms in total. The van der Waals surface area contributed by atoms with Crippen LogP contribution < -0.4 is 9.47 Å². The Bertz CT molecular complexity index is 2240. The number of carbonyl (C=O) groups excluding carboxylic acids is 4. The van der Waals surface area contributed by atoms with Gasteiger partial charge in [-0.3, -0.25) is 19.4 Å². The number of ketones is 2. The fraction of sp³-hybridized carbons (Fsp3) is 0.259. The minimum atomic E-state index is -0.572. The molecule has 0 spiro atoms. The van der Waals surface area contributed by atoms with Gasteiger partial charge < -0.3 is 18.9 Å². The molecule has 0 aliphatic carbocycles. The minimum Gasteiger partial charge on any atom is -0.488 e. The Morgan fingerprint density at radius 3 is 1.11 bits per heavy atom. The number of methoxy groups -OCH3 is 2. The van der Waals surface area contributed by atoms with Crippen LogP contribution in [-0.2, 0) is 35.8 Å². The van der Waals surface area contributed by atoms with Gasteiger partial charge in [-0.2, -0.15) is 0 Å². The molecule has 0 amide bonds. The quantitative estimate of drug-likeness (QED) is 0.0313. The number of hydrogen-bond acceptors (Lipinski definition) is 10. The van der Waals surface area contributed by atoms with Crippen molar-refractivity contribution in [2.75, 3.05) is 40.4 Å². The fourth-order valence-electron chi connectivity index (χ4n) is 7.39. The van der Waals surface area contributed by atoms with Gasteiger partial charge in [0, 0.05) is 24.2 Å². The normalized spacial score (nSPS) is 11.0. The monoisotopic (exact) mass is 860 g/mol. The lowest BCUT2D eigenvalue weighted by molar-refractivity contribution is 0.0586. The van der Waals surface area contributed by atoms with Crippen LogP contribution in [0.3, 0.4) is 0 Å². The van der Waals surface area contributed by atoms with Crippen LogP contribution in [0.4, 0.5) is 0 Å². The van der Waals surface area contributed by atoms with Gasteiger partial charge in [0.2, 0.25) is 0 Å². The molecule has 6 rings (SSSR count). The van der Waals surface area contributed by atoms with Crippen LogP contribution in [-0.4, -0.2) is 73.7 Å². The average Bonchev–Trinajstić information content (AvgIpc) is 3.34. The molecule has 0 radical (unpaired) electrons. The third-order valence-corrected chi connectivity index (χ3v) is 10.8. The van der Waals surface area contributed by atoms with E-state index in [1.54, 1.807) is 36.4 Å². The Morgan fingerprint density at radius 1 is 0.422 bits per heavy atom. The fourth-order valence-corrected chi connectivity index (χ4v) is 7.39. The minimum absolute atomic E-state index is 0.107. The predicted molar refractivity (Wildman–Crippen MR) is 248 cm³/mol. The van der Waals surface area contributed by atoms with Crippen molar-refractivity contribution in [2.45, 2.75) is 52.0 Å². The molecule has 330 valence electrons. The van der Waals surface area contributed by atoms with Crippen molar-refractivity contribution in [3.05, 3.63) is 202 Å². The molecule has 0 unspecified atom stereocenters. The molecule has 0 atom stereocenters. The summed E-state index contributed by atoms with van der Waals surface area (Å²) in [5.74, 6) is -0.650. The van der Waals surface area contributed by atoms with Crippen molar-refractivity contribution in [3.63, 3.8) is 0 Å². The summed E-state index contributed by atoms with van der Waals surface area (Å²) in [5.41, 5.74) is 5.34. The predicted octanol–water partition coefficient (Wildman–Crippen LogP) is 10.0. The Morgan fingerprint density at radius 2 is 0.766 bits per heavy atom. The third kappa shape index (κ3) is 14.3. The highest BCUT2D eigenvalue weighted by molar-refractivity contribution is 6.02. The molecule has 0 heterocycles. The molecular formula is C54H56N2O8. The van der Waals surface area contributed by atoms with Gasteiger partial charge >= 0.3 is 11.9 Å². The smallest absolute Gasteiger partial charge is 0.341 e. The second kappa shape index (κ2) is 24.7. The van der Waals surface area contributed by atoms with E-state index in [1.807, 2.05) is 97.1 Å². The van der Waals surface area contributed by atoms with Gasteiger partial charge in [0.25, 0.3) is 0 Å². The molecule has 0 aromatic heterocycles. The summed E-state index contributed by atoms with van der Waals surface area (Å²) < 4.78 is 22.1. The number of carbonyl (C=O) groups is 4. The van der Waals surface area contributed by atoms with E-state index in [9.17, 15) is 19.2 Å². The molecule has 0 saturated carbocycles. The summed E-state index contributed by atoms with van der Waals surface area (Å²) in [4.78, 5) is 57.6. The zero-order valence-corrected chi connectivity index (χ0v) is 36.7. The first kappa shape index (κ1) is 46.6. The molecule has 6 aromatic rings. The van der Waals surface area contributed by atoms with Crippen LogP contribution in [0.1, 0.15) is 89.4 Å². The van der Waals surface area contributed by atoms with E-state index in [0.29, 0.717) is 48.8 Å². The van der Waals surface area contributed by atoms with Crippen LogP contribution in [0.15, 0.2) is 158 Å². The Balaban J connectivity index is 1.06. The number of esters is 2. The van der Waals surface area contributed by atoms with Crippen molar-refractivity contribution in [2.24, 2.45) is 0 Å². The molecule has 64 heavy (non-hydrogen) atoms. The maximum Gasteiger partial charge on any atom is 0.341 e. The Kier molecular flexibility index (Phi) is 18.0. The number of Topliss-reactive ketones (excluding diaryl/α,β-unsaturated/α-hetero) is 2. The lowest BCUT2D eigenvalue weighted by atomic mass is 10.0. The standard InChI is InChI=1S/C54H56N2O8/c1-61-53(59)47-33-45(27-29-51(47)63-39-43-23-13-7-14-24-43)49(57)37-55(35-41-19-9-5-10-20-41)31-17-3-4-18-32-56(36-42-21-11-6-12-22-42)38-50(58)46-28-30-52(48(34-46)54(60)62-2)64-40-44-25-15-8-16-26-44/h5-16,19-30,33-34H,3-4,17-18,31-32,35-40H2,1-2H3. The number of nitrogens with zero attached hydrogens (tertiary/aromatic N) is 2. The molecule has 6 aromatic carbocycles. The van der Waals surface area contributed by atoms with E-state index in [-0.39, 0.29) is 49.0 Å². The van der Waals surface area contributed by atoms with Crippen LogP contribution in [0.5, 0.6) is 11.5 Å². The maximum absolute atomic E-state index is 13.8. The molecule has 10 heteroatoms.